The smallest absolute Gasteiger partial charge is 0.410 e. The van der Waals surface area contributed by atoms with Gasteiger partial charge in [0.15, 0.2) is 23.8 Å². The van der Waals surface area contributed by atoms with Crippen molar-refractivity contribution >= 4 is 29.0 Å². The average Bonchev–Trinajstić information content (AvgIpc) is 3.43. The third-order valence-electron chi connectivity index (χ3n) is 7.35. The van der Waals surface area contributed by atoms with E-state index in [1.165, 1.54) is 10.9 Å². The predicted octanol–water partition coefficient (Wildman–Crippen LogP) is 0.307. The first-order chi connectivity index (χ1) is 18.4. The Balaban J connectivity index is 1.23. The zero-order chi connectivity index (χ0) is 26.8. The Morgan fingerprint density at radius 2 is 1.97 bits per heavy atom. The van der Waals surface area contributed by atoms with Crippen molar-refractivity contribution in [3.05, 3.63) is 12.2 Å². The van der Waals surface area contributed by atoms with Crippen LogP contribution in [0.4, 0.5) is 10.6 Å². The number of carbonyl (C=O) groups excluding carboxylic acids is 2. The van der Waals surface area contributed by atoms with E-state index in [2.05, 4.69) is 32.1 Å². The molecule has 13 heteroatoms. The summed E-state index contributed by atoms with van der Waals surface area (Å²) in [6.07, 6.45) is 1.46. The van der Waals surface area contributed by atoms with Gasteiger partial charge in [-0.2, -0.15) is 0 Å². The Labute approximate surface area is 219 Å². The lowest BCUT2D eigenvalue weighted by Crippen LogP contribution is -2.42. The zero-order valence-corrected chi connectivity index (χ0v) is 21.2. The lowest BCUT2D eigenvalue weighted by atomic mass is 9.94. The van der Waals surface area contributed by atoms with Gasteiger partial charge >= 0.3 is 6.09 Å². The second-order valence-electron chi connectivity index (χ2n) is 9.95. The monoisotopic (exact) mass is 527 g/mol. The van der Waals surface area contributed by atoms with Crippen molar-refractivity contribution < 1.29 is 29.3 Å². The normalized spacial score (nSPS) is 26.0. The molecule has 1 aliphatic carbocycles. The van der Waals surface area contributed by atoms with Crippen molar-refractivity contribution in [3.63, 3.8) is 0 Å². The van der Waals surface area contributed by atoms with Gasteiger partial charge in [-0.1, -0.05) is 5.92 Å². The maximum atomic E-state index is 12.2. The molecule has 0 radical (unpaired) electrons. The number of amides is 2. The highest BCUT2D eigenvalue weighted by Gasteiger charge is 2.47. The Kier molecular flexibility index (Phi) is 7.64. The molecule has 2 saturated heterocycles. The molecule has 5 N–H and O–H groups in total. The molecule has 3 aliphatic rings. The van der Waals surface area contributed by atoms with Crippen molar-refractivity contribution in [1.82, 2.24) is 29.7 Å². The Morgan fingerprint density at radius 3 is 2.66 bits per heavy atom. The van der Waals surface area contributed by atoms with Crippen LogP contribution >= 0.6 is 0 Å². The second kappa shape index (κ2) is 11.1. The molecule has 2 aliphatic heterocycles. The van der Waals surface area contributed by atoms with Crippen LogP contribution in [0.25, 0.3) is 11.2 Å². The van der Waals surface area contributed by atoms with Crippen LogP contribution in [0.1, 0.15) is 57.5 Å². The third-order valence-corrected chi connectivity index (χ3v) is 7.35. The minimum absolute atomic E-state index is 0.0859. The fourth-order valence-electron chi connectivity index (χ4n) is 4.86. The van der Waals surface area contributed by atoms with E-state index in [1.807, 2.05) is 0 Å². The average molecular weight is 528 g/mol. The minimum atomic E-state index is -1.42. The summed E-state index contributed by atoms with van der Waals surface area (Å²) in [5.41, 5.74) is 6.66. The van der Waals surface area contributed by atoms with Crippen molar-refractivity contribution in [3.8, 4) is 11.8 Å². The van der Waals surface area contributed by atoms with Crippen molar-refractivity contribution in [2.24, 2.45) is 5.92 Å². The number of aliphatic hydroxyl groups excluding tert-OH is 2. The van der Waals surface area contributed by atoms with Crippen molar-refractivity contribution in [2.75, 3.05) is 25.4 Å². The minimum Gasteiger partial charge on any atom is -0.446 e. The van der Waals surface area contributed by atoms with E-state index >= 15 is 0 Å². The molecule has 4 heterocycles. The summed E-state index contributed by atoms with van der Waals surface area (Å²) in [5, 5.41) is 23.5. The highest BCUT2D eigenvalue weighted by atomic mass is 16.6. The van der Waals surface area contributed by atoms with Gasteiger partial charge in [-0.3, -0.25) is 9.36 Å². The molecular formula is C25H33N7O6. The molecule has 1 saturated carbocycles. The van der Waals surface area contributed by atoms with Gasteiger partial charge in [0.1, 0.15) is 23.8 Å². The van der Waals surface area contributed by atoms with E-state index in [9.17, 15) is 19.8 Å². The molecule has 0 bridgehead atoms. The van der Waals surface area contributed by atoms with Gasteiger partial charge < -0.3 is 35.6 Å². The number of rotatable bonds is 5. The molecular weight excluding hydrogens is 494 g/mol. The number of nitrogens with zero attached hydrogens (tertiary/aromatic N) is 5. The summed E-state index contributed by atoms with van der Waals surface area (Å²) in [4.78, 5) is 39.2. The summed E-state index contributed by atoms with van der Waals surface area (Å²) in [6.45, 7) is 3.41. The van der Waals surface area contributed by atoms with E-state index in [-0.39, 0.29) is 29.5 Å². The fraction of sp³-hybridized carbons (Fsp3) is 0.640. The topological polar surface area (TPSA) is 178 Å². The Morgan fingerprint density at radius 1 is 1.21 bits per heavy atom. The number of carbonyl (C=O) groups is 2. The Bertz CT molecular complexity index is 1240. The van der Waals surface area contributed by atoms with E-state index < -0.39 is 30.4 Å². The molecule has 2 aromatic rings. The van der Waals surface area contributed by atoms with Gasteiger partial charge in [0.2, 0.25) is 5.82 Å². The fourth-order valence-corrected chi connectivity index (χ4v) is 4.86. The van der Waals surface area contributed by atoms with E-state index in [0.29, 0.717) is 37.5 Å². The first-order valence-corrected chi connectivity index (χ1v) is 13.1. The Hall–Kier alpha value is -3.47. The number of nitrogen functional groups attached to an aromatic ring is 1. The molecule has 5 rings (SSSR count). The van der Waals surface area contributed by atoms with Gasteiger partial charge in [-0.15, -0.1) is 0 Å². The van der Waals surface area contributed by atoms with Gasteiger partial charge in [0.05, 0.1) is 6.33 Å². The standard InChI is InChI=1S/C25H33N7O6/c1-2-27-23(35)20-18(33)19(34)24(38-20)32-13-28-17-21(26)29-16(30-22(17)32)8-3-5-14-9-11-31(12-10-14)25(36)37-15-6-4-7-15/h13-15,18-20,24,33-34H,2,4-7,9-12H2,1H3,(H,27,35)(H2,26,29,30). The van der Waals surface area contributed by atoms with Gasteiger partial charge in [0.25, 0.3) is 5.91 Å². The molecule has 4 atom stereocenters. The molecule has 38 heavy (non-hydrogen) atoms. The third kappa shape index (κ3) is 5.24. The van der Waals surface area contributed by atoms with Crippen LogP contribution < -0.4 is 11.1 Å². The summed E-state index contributed by atoms with van der Waals surface area (Å²) in [5.74, 6) is 6.20. The number of imidazole rings is 1. The summed E-state index contributed by atoms with van der Waals surface area (Å²) in [6, 6.07) is 0. The van der Waals surface area contributed by atoms with Crippen molar-refractivity contribution in [2.45, 2.75) is 76.1 Å². The van der Waals surface area contributed by atoms with Gasteiger partial charge in [0, 0.05) is 26.1 Å². The number of likely N-dealkylation sites (tertiary alicyclic amines) is 1. The molecule has 0 spiro atoms. The molecule has 2 amide bonds. The molecule has 4 unspecified atom stereocenters. The first kappa shape index (κ1) is 26.1. The highest BCUT2D eigenvalue weighted by molar-refractivity contribution is 5.83. The van der Waals surface area contributed by atoms with Crippen LogP contribution in [-0.2, 0) is 14.3 Å². The van der Waals surface area contributed by atoms with Crippen LogP contribution in [0.5, 0.6) is 0 Å². The molecule has 3 fully saturated rings. The SMILES string of the molecule is CCNC(=O)C1OC(n2cnc3c(N)nc(C#CCC4CCN(C(=O)OC5CCC5)CC4)nc32)C(O)C1O. The van der Waals surface area contributed by atoms with Crippen molar-refractivity contribution in [1.29, 1.82) is 0 Å². The van der Waals surface area contributed by atoms with Crippen LogP contribution in [0.2, 0.25) is 0 Å². The van der Waals surface area contributed by atoms with Crippen LogP contribution in [-0.4, -0.2) is 90.7 Å². The molecule has 13 nitrogen and oxygen atoms in total. The van der Waals surface area contributed by atoms with E-state index in [1.54, 1.807) is 11.8 Å². The van der Waals surface area contributed by atoms with Gasteiger partial charge in [-0.05, 0) is 50.9 Å². The number of fused-ring (bicyclic) bond motifs is 1. The molecule has 2 aromatic heterocycles. The number of ether oxygens (including phenoxy) is 2. The van der Waals surface area contributed by atoms with Crippen LogP contribution in [0.15, 0.2) is 6.33 Å². The number of likely N-dealkylation sites (N-methyl/N-ethyl adjacent to an activating group) is 1. The van der Waals surface area contributed by atoms with E-state index in [4.69, 9.17) is 15.2 Å². The lowest BCUT2D eigenvalue weighted by Gasteiger charge is -2.33. The highest BCUT2D eigenvalue weighted by Crippen LogP contribution is 2.32. The number of hydrogen-bond acceptors (Lipinski definition) is 10. The van der Waals surface area contributed by atoms with Gasteiger partial charge in [-0.25, -0.2) is 19.7 Å². The largest absolute Gasteiger partial charge is 0.446 e. The summed E-state index contributed by atoms with van der Waals surface area (Å²) in [7, 11) is 0. The molecule has 204 valence electrons. The zero-order valence-electron chi connectivity index (χ0n) is 21.2. The summed E-state index contributed by atoms with van der Waals surface area (Å²) < 4.78 is 12.6. The van der Waals surface area contributed by atoms with Crippen LogP contribution in [0, 0.1) is 17.8 Å². The number of anilines is 1. The van der Waals surface area contributed by atoms with E-state index in [0.717, 1.165) is 32.1 Å². The van der Waals surface area contributed by atoms with Crippen LogP contribution in [0.3, 0.4) is 0 Å². The maximum absolute atomic E-state index is 12.2. The second-order valence-corrected chi connectivity index (χ2v) is 9.95. The quantitative estimate of drug-likeness (QED) is 0.396. The number of hydrogen-bond donors (Lipinski definition) is 4. The number of aliphatic hydroxyl groups is 2. The number of nitrogens with one attached hydrogen (secondary N) is 1. The number of piperidine rings is 1. The lowest BCUT2D eigenvalue weighted by molar-refractivity contribution is -0.137. The maximum Gasteiger partial charge on any atom is 0.410 e. The first-order valence-electron chi connectivity index (χ1n) is 13.1. The number of nitrogens with two attached hydrogens (primary N) is 1. The summed E-state index contributed by atoms with van der Waals surface area (Å²) >= 11 is 0. The predicted molar refractivity (Wildman–Crippen MR) is 134 cm³/mol. The molecule has 0 aromatic carbocycles. The number of aromatic nitrogens is 4.